The average molecular weight is 501 g/mol. The Kier molecular flexibility index (Phi) is 11.3. The molecule has 6 N–H and O–H groups in total. The fourth-order valence-corrected chi connectivity index (χ4v) is 2.82. The van der Waals surface area contributed by atoms with E-state index in [0.29, 0.717) is 41.8 Å². The molecule has 0 aromatic carbocycles. The molecular weight excluding hydrogens is 464 g/mol. The van der Waals surface area contributed by atoms with Crippen LogP contribution in [-0.4, -0.2) is 57.5 Å². The summed E-state index contributed by atoms with van der Waals surface area (Å²) in [6, 6.07) is 3.21. The number of pyridine rings is 2. The van der Waals surface area contributed by atoms with Crippen LogP contribution in [0.2, 0.25) is 0 Å². The first-order valence-corrected chi connectivity index (χ1v) is 11.3. The van der Waals surface area contributed by atoms with E-state index in [1.807, 2.05) is 0 Å². The molecule has 0 aliphatic carbocycles. The molecule has 10 nitrogen and oxygen atoms in total. The number of esters is 2. The third kappa shape index (κ3) is 11.2. The van der Waals surface area contributed by atoms with E-state index in [1.54, 1.807) is 33.8 Å². The maximum atomic E-state index is 11.4. The first-order chi connectivity index (χ1) is 16.7. The Balaban J connectivity index is 0.000000360. The number of hydrogen-bond donors (Lipinski definition) is 4. The van der Waals surface area contributed by atoms with Crippen molar-refractivity contribution in [2.24, 2.45) is 0 Å². The molecule has 2 rings (SSSR count). The number of aryl methyl sites for hydroxylation is 1. The van der Waals surface area contributed by atoms with E-state index in [-0.39, 0.29) is 5.82 Å². The van der Waals surface area contributed by atoms with E-state index in [1.165, 1.54) is 32.7 Å². The molecule has 0 amide bonds. The number of carbonyl (C=O) groups excluding carboxylic acids is 2. The second-order valence-electron chi connectivity index (χ2n) is 9.37. The standard InChI is InChI=1S/C13H20N2O3.C13H16N2O3/c2*1-13(2,17)6-4-5-9-7-10(12(16)18-3)8-15-11(9)14/h7-8,17H,4-6H2,1-3H3,(H2,14,15);7-8,17H,6H2,1-3H3,(H2,14,15). The summed E-state index contributed by atoms with van der Waals surface area (Å²) in [5.74, 6) is 5.32. The van der Waals surface area contributed by atoms with Gasteiger partial charge in [0.25, 0.3) is 0 Å². The van der Waals surface area contributed by atoms with E-state index in [4.69, 9.17) is 11.5 Å². The zero-order valence-electron chi connectivity index (χ0n) is 21.7. The average Bonchev–Trinajstić information content (AvgIpc) is 2.79. The lowest BCUT2D eigenvalue weighted by atomic mass is 9.99. The van der Waals surface area contributed by atoms with Gasteiger partial charge in [-0.2, -0.15) is 0 Å². The van der Waals surface area contributed by atoms with Crippen molar-refractivity contribution in [2.45, 2.75) is 64.6 Å². The fraction of sp³-hybridized carbons (Fsp3) is 0.462. The van der Waals surface area contributed by atoms with Crippen LogP contribution in [0.15, 0.2) is 24.5 Å². The molecule has 0 fully saturated rings. The van der Waals surface area contributed by atoms with Gasteiger partial charge in [-0.25, -0.2) is 19.6 Å². The maximum Gasteiger partial charge on any atom is 0.339 e. The number of aliphatic hydroxyl groups is 2. The molecule has 0 aliphatic rings. The number of hydrogen-bond acceptors (Lipinski definition) is 10. The molecule has 0 aliphatic heterocycles. The van der Waals surface area contributed by atoms with Crippen LogP contribution in [0, 0.1) is 11.8 Å². The van der Waals surface area contributed by atoms with Crippen molar-refractivity contribution in [2.75, 3.05) is 25.7 Å². The Labute approximate surface area is 212 Å². The minimum atomic E-state index is -0.866. The molecule has 2 aromatic rings. The van der Waals surface area contributed by atoms with Crippen molar-refractivity contribution in [1.29, 1.82) is 0 Å². The van der Waals surface area contributed by atoms with Crippen molar-refractivity contribution in [3.63, 3.8) is 0 Å². The predicted molar refractivity (Wildman–Crippen MR) is 137 cm³/mol. The maximum absolute atomic E-state index is 11.4. The van der Waals surface area contributed by atoms with E-state index in [9.17, 15) is 19.8 Å². The third-order valence-corrected chi connectivity index (χ3v) is 4.74. The second-order valence-corrected chi connectivity index (χ2v) is 9.37. The van der Waals surface area contributed by atoms with Crippen LogP contribution >= 0.6 is 0 Å². The molecule has 0 unspecified atom stereocenters. The van der Waals surface area contributed by atoms with Gasteiger partial charge in [0.15, 0.2) is 0 Å². The van der Waals surface area contributed by atoms with Gasteiger partial charge in [-0.15, -0.1) is 0 Å². The number of rotatable bonds is 7. The first kappa shape index (κ1) is 30.4. The van der Waals surface area contributed by atoms with E-state index in [0.717, 1.165) is 12.0 Å². The molecule has 0 radical (unpaired) electrons. The number of anilines is 2. The molecule has 2 heterocycles. The summed E-state index contributed by atoms with van der Waals surface area (Å²) < 4.78 is 9.21. The number of methoxy groups -OCH3 is 2. The van der Waals surface area contributed by atoms with E-state index < -0.39 is 23.1 Å². The van der Waals surface area contributed by atoms with Crippen LogP contribution in [0.25, 0.3) is 0 Å². The minimum Gasteiger partial charge on any atom is -0.465 e. The van der Waals surface area contributed by atoms with Gasteiger partial charge in [0.1, 0.15) is 11.6 Å². The van der Waals surface area contributed by atoms with Crippen LogP contribution in [0.3, 0.4) is 0 Å². The SMILES string of the molecule is COC(=O)c1cnc(N)c(C#CCC(C)(C)O)c1.COC(=O)c1cnc(N)c(CCCC(C)(C)O)c1. The second kappa shape index (κ2) is 13.4. The number of nitrogens with two attached hydrogens (primary N) is 2. The van der Waals surface area contributed by atoms with Gasteiger partial charge in [-0.1, -0.05) is 11.8 Å². The molecule has 0 spiro atoms. The van der Waals surface area contributed by atoms with Crippen molar-refractivity contribution in [3.05, 3.63) is 46.8 Å². The highest BCUT2D eigenvalue weighted by Gasteiger charge is 2.14. The highest BCUT2D eigenvalue weighted by atomic mass is 16.5. The summed E-state index contributed by atoms with van der Waals surface area (Å²) >= 11 is 0. The molecule has 0 saturated carbocycles. The summed E-state index contributed by atoms with van der Waals surface area (Å²) in [5, 5.41) is 19.1. The zero-order chi connectivity index (χ0) is 27.5. The number of nitrogens with zero attached hydrogens (tertiary/aromatic N) is 2. The monoisotopic (exact) mass is 500 g/mol. The Morgan fingerprint density at radius 3 is 1.94 bits per heavy atom. The topological polar surface area (TPSA) is 171 Å². The number of carbonyl (C=O) groups is 2. The lowest BCUT2D eigenvalue weighted by Crippen LogP contribution is -2.18. The summed E-state index contributed by atoms with van der Waals surface area (Å²) in [7, 11) is 2.62. The van der Waals surface area contributed by atoms with Gasteiger partial charge >= 0.3 is 11.9 Å². The van der Waals surface area contributed by atoms with Gasteiger partial charge in [-0.3, -0.25) is 0 Å². The Hall–Kier alpha value is -3.68. The Morgan fingerprint density at radius 2 is 1.44 bits per heavy atom. The van der Waals surface area contributed by atoms with Gasteiger partial charge in [0, 0.05) is 18.8 Å². The Bertz CT molecular complexity index is 1110. The quantitative estimate of drug-likeness (QED) is 0.327. The number of ether oxygens (including phenoxy) is 2. The minimum absolute atomic E-state index is 0.242. The normalized spacial score (nSPS) is 10.9. The molecule has 0 atom stereocenters. The van der Waals surface area contributed by atoms with Crippen molar-refractivity contribution in [3.8, 4) is 11.8 Å². The largest absolute Gasteiger partial charge is 0.465 e. The summed E-state index contributed by atoms with van der Waals surface area (Å²) in [6.07, 6.45) is 5.15. The zero-order valence-corrected chi connectivity index (χ0v) is 21.7. The summed E-state index contributed by atoms with van der Waals surface area (Å²) in [6.45, 7) is 6.85. The van der Waals surface area contributed by atoms with Gasteiger partial charge in [0.05, 0.1) is 42.1 Å². The molecular formula is C26H36N4O6. The molecule has 36 heavy (non-hydrogen) atoms. The Morgan fingerprint density at radius 1 is 0.917 bits per heavy atom. The number of nitrogen functional groups attached to an aromatic ring is 2. The van der Waals surface area contributed by atoms with E-state index >= 15 is 0 Å². The molecule has 10 heteroatoms. The van der Waals surface area contributed by atoms with E-state index in [2.05, 4.69) is 31.3 Å². The molecule has 2 aromatic heterocycles. The van der Waals surface area contributed by atoms with Crippen molar-refractivity contribution >= 4 is 23.6 Å². The third-order valence-electron chi connectivity index (χ3n) is 4.74. The summed E-state index contributed by atoms with van der Waals surface area (Å²) in [5.41, 5.74) is 11.8. The molecule has 0 saturated heterocycles. The molecule has 196 valence electrons. The highest BCUT2D eigenvalue weighted by molar-refractivity contribution is 5.90. The highest BCUT2D eigenvalue weighted by Crippen LogP contribution is 2.18. The molecule has 0 bridgehead atoms. The van der Waals surface area contributed by atoms with Crippen LogP contribution < -0.4 is 11.5 Å². The van der Waals surface area contributed by atoms with Crippen LogP contribution in [0.5, 0.6) is 0 Å². The van der Waals surface area contributed by atoms with Crippen molar-refractivity contribution < 1.29 is 29.3 Å². The van der Waals surface area contributed by atoms with Gasteiger partial charge in [0.2, 0.25) is 0 Å². The number of aromatic nitrogens is 2. The van der Waals surface area contributed by atoms with Crippen LogP contribution in [0.1, 0.15) is 78.8 Å². The van der Waals surface area contributed by atoms with Crippen molar-refractivity contribution in [1.82, 2.24) is 9.97 Å². The van der Waals surface area contributed by atoms with Gasteiger partial charge in [-0.05, 0) is 64.7 Å². The fourth-order valence-electron chi connectivity index (χ4n) is 2.82. The lowest BCUT2D eigenvalue weighted by Gasteiger charge is -2.16. The predicted octanol–water partition coefficient (Wildman–Crippen LogP) is 2.51. The van der Waals surface area contributed by atoms with Crippen LogP contribution in [0.4, 0.5) is 11.6 Å². The first-order valence-electron chi connectivity index (χ1n) is 11.3. The smallest absolute Gasteiger partial charge is 0.339 e. The lowest BCUT2D eigenvalue weighted by molar-refractivity contribution is 0.0591. The van der Waals surface area contributed by atoms with Gasteiger partial charge < -0.3 is 31.2 Å². The van der Waals surface area contributed by atoms with Crippen LogP contribution in [-0.2, 0) is 15.9 Å². The summed E-state index contributed by atoms with van der Waals surface area (Å²) in [4.78, 5) is 30.5.